The topological polar surface area (TPSA) is 162 Å². The number of carbonyl (C=O) groups is 3. The molecule has 2 amide bonds. The molecule has 228 valence electrons. The molecule has 2 aliphatic heterocycles. The number of alkyl halides is 3. The third-order valence-corrected chi connectivity index (χ3v) is 5.91. The third-order valence-electron chi connectivity index (χ3n) is 5.91. The second kappa shape index (κ2) is 17.0. The van der Waals surface area contributed by atoms with Crippen molar-refractivity contribution in [2.45, 2.75) is 66.1 Å². The van der Waals surface area contributed by atoms with Gasteiger partial charge in [-0.3, -0.25) is 14.5 Å². The number of rotatable bonds is 10. The van der Waals surface area contributed by atoms with Crippen molar-refractivity contribution in [3.05, 3.63) is 47.4 Å². The van der Waals surface area contributed by atoms with Gasteiger partial charge in [0.25, 0.3) is 5.91 Å². The number of allylic oxidation sites excluding steroid dienone is 3. The zero-order valence-electron chi connectivity index (χ0n) is 21.1. The number of hydrogen-bond acceptors (Lipinski definition) is 9. The molecule has 1 aliphatic carbocycles. The van der Waals surface area contributed by atoms with Crippen molar-refractivity contribution in [3.8, 4) is 0 Å². The maximum Gasteiger partial charge on any atom is 0.490 e. The van der Waals surface area contributed by atoms with Gasteiger partial charge in [-0.05, 0) is 32.4 Å². The molecule has 1 atom stereocenters. The number of amides is 2. The van der Waals surface area contributed by atoms with E-state index in [2.05, 4.69) is 35.9 Å². The van der Waals surface area contributed by atoms with Gasteiger partial charge in [-0.1, -0.05) is 50.7 Å². The van der Waals surface area contributed by atoms with Crippen molar-refractivity contribution in [2.24, 2.45) is 16.1 Å². The Balaban J connectivity index is 0.000000833. The van der Waals surface area contributed by atoms with E-state index in [-0.39, 0.29) is 32.6 Å². The molecule has 3 heterocycles. The van der Waals surface area contributed by atoms with Crippen molar-refractivity contribution in [1.29, 1.82) is 0 Å². The zero-order chi connectivity index (χ0) is 28.3. The molecule has 4 rings (SSSR count). The summed E-state index contributed by atoms with van der Waals surface area (Å²) in [7, 11) is 0. The minimum atomic E-state index is -5.08. The van der Waals surface area contributed by atoms with Crippen LogP contribution in [0, 0.1) is 5.92 Å². The molecule has 3 N–H and O–H groups in total. The number of carboxylic acids is 1. The largest absolute Gasteiger partial charge is 0.490 e. The molecule has 12 nitrogen and oxygen atoms in total. The Hall–Kier alpha value is -3.88. The van der Waals surface area contributed by atoms with E-state index in [0.717, 1.165) is 25.1 Å². The summed E-state index contributed by atoms with van der Waals surface area (Å²) in [5, 5.41) is 24.9. The van der Waals surface area contributed by atoms with Crippen LogP contribution in [0.4, 0.5) is 13.2 Å². The lowest BCUT2D eigenvalue weighted by molar-refractivity contribution is -0.192. The normalized spacial score (nSPS) is 17.9. The molecule has 1 aromatic rings. The monoisotopic (exact) mass is 585 g/mol. The van der Waals surface area contributed by atoms with E-state index >= 15 is 0 Å². The van der Waals surface area contributed by atoms with Crippen molar-refractivity contribution in [3.63, 3.8) is 0 Å². The number of nitrogens with one attached hydrogen (secondary N) is 2. The van der Waals surface area contributed by atoms with Gasteiger partial charge >= 0.3 is 12.1 Å². The Labute approximate surface area is 236 Å². The number of carbonyl (C=O) groups excluding carboxylic acids is 2. The molecular formula is C26H38F3N7O5. The molecule has 0 radical (unpaired) electrons. The van der Waals surface area contributed by atoms with Gasteiger partial charge in [0.2, 0.25) is 11.8 Å². The Morgan fingerprint density at radius 2 is 1.80 bits per heavy atom. The minimum Gasteiger partial charge on any atom is -0.475 e. The van der Waals surface area contributed by atoms with E-state index in [1.165, 1.54) is 19.3 Å². The zero-order valence-corrected chi connectivity index (χ0v) is 21.1. The molecule has 3 aliphatic rings. The first-order valence-corrected chi connectivity index (χ1v) is 12.5. The van der Waals surface area contributed by atoms with Crippen LogP contribution < -0.4 is 10.6 Å². The number of aryl methyl sites for hydroxylation is 1. The maximum absolute atomic E-state index is 12.1. The van der Waals surface area contributed by atoms with Crippen LogP contribution in [0.3, 0.4) is 0 Å². The van der Waals surface area contributed by atoms with E-state index in [9.17, 15) is 22.8 Å². The van der Waals surface area contributed by atoms with Crippen LogP contribution in [0.15, 0.2) is 50.4 Å². The van der Waals surface area contributed by atoms with Gasteiger partial charge in [0, 0.05) is 31.5 Å². The summed E-state index contributed by atoms with van der Waals surface area (Å²) in [5.41, 5.74) is 0.829. The number of azo groups is 1. The van der Waals surface area contributed by atoms with Crippen LogP contribution in [0.1, 0.15) is 58.7 Å². The lowest BCUT2D eigenvalue weighted by atomic mass is 9.93. The van der Waals surface area contributed by atoms with Crippen LogP contribution >= 0.6 is 0 Å². The second-order valence-corrected chi connectivity index (χ2v) is 8.94. The average Bonchev–Trinajstić information content (AvgIpc) is 3.36. The van der Waals surface area contributed by atoms with Crippen molar-refractivity contribution >= 4 is 17.8 Å². The van der Waals surface area contributed by atoms with E-state index < -0.39 is 12.1 Å². The van der Waals surface area contributed by atoms with E-state index in [4.69, 9.17) is 14.4 Å². The number of nitrogens with zero attached hydrogens (tertiary/aromatic N) is 5. The summed E-state index contributed by atoms with van der Waals surface area (Å²) in [6, 6.07) is 0. The molecule has 1 fully saturated rings. The standard InChI is InChI=1S/C22H29N7O3.C2HF3O2.2CH4/c30-19(9-10-20-25-18(28-32-20)15-29-13-4-1-5-14-29)23-11-6-12-24-21-16-7-2-3-8-17(16)22(31)27-26-21;3-2(4,5)1(6)7;;/h2-3,7-8,17,24H,1,4-6,9-15H2,(H,23,30);(H,6,7);2*1H4. The first-order valence-electron chi connectivity index (χ1n) is 12.5. The number of likely N-dealkylation sites (tertiary alicyclic amines) is 1. The molecule has 0 aromatic carbocycles. The Kier molecular flexibility index (Phi) is 14.6. The molecule has 1 unspecified atom stereocenters. The van der Waals surface area contributed by atoms with Crippen LogP contribution in [0.2, 0.25) is 0 Å². The highest BCUT2D eigenvalue weighted by Gasteiger charge is 2.38. The Morgan fingerprint density at radius 1 is 1.10 bits per heavy atom. The highest BCUT2D eigenvalue weighted by atomic mass is 19.4. The van der Waals surface area contributed by atoms with Crippen LogP contribution in [0.25, 0.3) is 0 Å². The van der Waals surface area contributed by atoms with E-state index in [1.807, 2.05) is 24.3 Å². The van der Waals surface area contributed by atoms with Crippen LogP contribution in [-0.4, -0.2) is 70.3 Å². The molecular weight excluding hydrogens is 547 g/mol. The van der Waals surface area contributed by atoms with Crippen LogP contribution in [-0.2, 0) is 27.3 Å². The Bertz CT molecular complexity index is 1140. The van der Waals surface area contributed by atoms with Gasteiger partial charge < -0.3 is 20.3 Å². The SMILES string of the molecule is C.C.O=C(CCc1nc(CN2CCCCC2)no1)NCCCNC1=C2C=CC=CC2C(=O)N=N1.O=C(O)C(F)(F)F. The lowest BCUT2D eigenvalue weighted by Gasteiger charge is -2.24. The number of carboxylic acid groups (broad SMARTS) is 1. The fourth-order valence-electron chi connectivity index (χ4n) is 3.95. The van der Waals surface area contributed by atoms with Crippen molar-refractivity contribution in [1.82, 2.24) is 25.7 Å². The third kappa shape index (κ3) is 11.6. The number of hydrogen-bond donors (Lipinski definition) is 3. The highest BCUT2D eigenvalue weighted by molar-refractivity contribution is 5.86. The summed E-state index contributed by atoms with van der Waals surface area (Å²) in [6.45, 7) is 4.01. The predicted octanol–water partition coefficient (Wildman–Crippen LogP) is 3.94. The second-order valence-electron chi connectivity index (χ2n) is 8.94. The average molecular weight is 586 g/mol. The summed E-state index contributed by atoms with van der Waals surface area (Å²) in [4.78, 5) is 39.6. The van der Waals surface area contributed by atoms with Gasteiger partial charge in [0.15, 0.2) is 11.6 Å². The van der Waals surface area contributed by atoms with E-state index in [1.54, 1.807) is 0 Å². The Morgan fingerprint density at radius 3 is 2.49 bits per heavy atom. The first-order chi connectivity index (χ1) is 18.6. The molecule has 0 bridgehead atoms. The fourth-order valence-corrected chi connectivity index (χ4v) is 3.95. The summed E-state index contributed by atoms with van der Waals surface area (Å²) >= 11 is 0. The minimum absolute atomic E-state index is 0. The first kappa shape index (κ1) is 35.1. The molecule has 15 heteroatoms. The summed E-state index contributed by atoms with van der Waals surface area (Å²) < 4.78 is 37.0. The lowest BCUT2D eigenvalue weighted by Crippen LogP contribution is -2.29. The van der Waals surface area contributed by atoms with Gasteiger partial charge in [-0.2, -0.15) is 18.2 Å². The quantitative estimate of drug-likeness (QED) is 0.345. The number of fused-ring (bicyclic) bond motifs is 1. The van der Waals surface area contributed by atoms with Gasteiger partial charge in [-0.25, -0.2) is 4.79 Å². The fraction of sp³-hybridized carbons (Fsp3) is 0.577. The van der Waals surface area contributed by atoms with Gasteiger partial charge in [-0.15, -0.1) is 10.2 Å². The smallest absolute Gasteiger partial charge is 0.475 e. The predicted molar refractivity (Wildman–Crippen MR) is 143 cm³/mol. The maximum atomic E-state index is 12.1. The van der Waals surface area contributed by atoms with Crippen molar-refractivity contribution < 1.29 is 37.2 Å². The number of aliphatic carboxylic acids is 1. The molecule has 1 aromatic heterocycles. The highest BCUT2D eigenvalue weighted by Crippen LogP contribution is 2.27. The van der Waals surface area contributed by atoms with E-state index in [0.29, 0.717) is 50.0 Å². The number of halogens is 3. The van der Waals surface area contributed by atoms with Gasteiger partial charge in [0.1, 0.15) is 0 Å². The number of piperidine rings is 1. The summed E-state index contributed by atoms with van der Waals surface area (Å²) in [5.74, 6) is -1.61. The molecule has 0 spiro atoms. The molecule has 0 saturated carbocycles. The van der Waals surface area contributed by atoms with Crippen molar-refractivity contribution in [2.75, 3.05) is 26.2 Å². The van der Waals surface area contributed by atoms with Gasteiger partial charge in [0.05, 0.1) is 12.5 Å². The number of aromatic nitrogens is 2. The molecule has 1 saturated heterocycles. The molecule has 41 heavy (non-hydrogen) atoms. The summed E-state index contributed by atoms with van der Waals surface area (Å²) in [6.07, 6.45) is 7.52. The van der Waals surface area contributed by atoms with Crippen LogP contribution in [0.5, 0.6) is 0 Å².